The molecule has 1 aliphatic rings. The Hall–Kier alpha value is -2.75. The molecule has 2 unspecified atom stereocenters. The van der Waals surface area contributed by atoms with Gasteiger partial charge >= 0.3 is 6.18 Å². The van der Waals surface area contributed by atoms with Crippen LogP contribution in [-0.2, 0) is 6.18 Å². The predicted molar refractivity (Wildman–Crippen MR) is 114 cm³/mol. The standard InChI is InChI=1S/C26H25F3O/c27-26(28,29)24-13-15-25(16-14-24)30-18-19-5-4-8-23(17-19)22-11-9-21(10-12-22)20-6-2-1-3-7-20/h1-3,6-7,9-16,19,23H,4-5,8,17-18H2. The molecule has 4 heteroatoms. The van der Waals surface area contributed by atoms with Crippen molar-refractivity contribution in [3.63, 3.8) is 0 Å². The van der Waals surface area contributed by atoms with Gasteiger partial charge < -0.3 is 4.74 Å². The molecule has 0 radical (unpaired) electrons. The van der Waals surface area contributed by atoms with Crippen molar-refractivity contribution < 1.29 is 17.9 Å². The zero-order valence-corrected chi connectivity index (χ0v) is 16.7. The van der Waals surface area contributed by atoms with E-state index in [0.29, 0.717) is 24.2 Å². The fraction of sp³-hybridized carbons (Fsp3) is 0.308. The molecule has 30 heavy (non-hydrogen) atoms. The highest BCUT2D eigenvalue weighted by atomic mass is 19.4. The normalized spacial score (nSPS) is 19.4. The van der Waals surface area contributed by atoms with Crippen molar-refractivity contribution in [1.82, 2.24) is 0 Å². The lowest BCUT2D eigenvalue weighted by molar-refractivity contribution is -0.137. The Labute approximate surface area is 175 Å². The largest absolute Gasteiger partial charge is 0.493 e. The van der Waals surface area contributed by atoms with Crippen molar-refractivity contribution in [2.45, 2.75) is 37.8 Å². The van der Waals surface area contributed by atoms with Crippen LogP contribution in [0.4, 0.5) is 13.2 Å². The number of alkyl halides is 3. The number of hydrogen-bond donors (Lipinski definition) is 0. The molecule has 4 rings (SSSR count). The molecule has 0 saturated heterocycles. The second-order valence-corrected chi connectivity index (χ2v) is 8.05. The van der Waals surface area contributed by atoms with Crippen molar-refractivity contribution in [1.29, 1.82) is 0 Å². The van der Waals surface area contributed by atoms with E-state index in [0.717, 1.165) is 31.4 Å². The smallest absolute Gasteiger partial charge is 0.416 e. The lowest BCUT2D eigenvalue weighted by Gasteiger charge is -2.29. The van der Waals surface area contributed by atoms with E-state index in [4.69, 9.17) is 4.74 Å². The van der Waals surface area contributed by atoms with Crippen LogP contribution in [0.1, 0.15) is 42.7 Å². The summed E-state index contributed by atoms with van der Waals surface area (Å²) < 4.78 is 43.9. The molecule has 1 aliphatic carbocycles. The van der Waals surface area contributed by atoms with Gasteiger partial charge in [-0.1, -0.05) is 61.0 Å². The van der Waals surface area contributed by atoms with E-state index in [1.165, 1.54) is 35.2 Å². The van der Waals surface area contributed by atoms with Gasteiger partial charge in [0.2, 0.25) is 0 Å². The first-order chi connectivity index (χ1) is 14.5. The molecule has 156 valence electrons. The number of rotatable bonds is 5. The molecular formula is C26H25F3O. The second-order valence-electron chi connectivity index (χ2n) is 8.05. The van der Waals surface area contributed by atoms with Crippen molar-refractivity contribution >= 4 is 0 Å². The molecule has 0 aromatic heterocycles. The van der Waals surface area contributed by atoms with Gasteiger partial charge in [-0.2, -0.15) is 13.2 Å². The molecule has 1 saturated carbocycles. The van der Waals surface area contributed by atoms with Crippen LogP contribution < -0.4 is 4.74 Å². The van der Waals surface area contributed by atoms with Gasteiger partial charge in [0, 0.05) is 0 Å². The minimum absolute atomic E-state index is 0.417. The summed E-state index contributed by atoms with van der Waals surface area (Å²) in [5.41, 5.74) is 3.15. The molecule has 3 aromatic rings. The summed E-state index contributed by atoms with van der Waals surface area (Å²) in [6.07, 6.45) is 0.142. The van der Waals surface area contributed by atoms with Crippen LogP contribution in [0.15, 0.2) is 78.9 Å². The average molecular weight is 410 g/mol. The summed E-state index contributed by atoms with van der Waals surface area (Å²) in [5.74, 6) is 1.42. The Kier molecular flexibility index (Phi) is 6.12. The molecule has 0 heterocycles. The highest BCUT2D eigenvalue weighted by Crippen LogP contribution is 2.37. The minimum Gasteiger partial charge on any atom is -0.493 e. The SMILES string of the molecule is FC(F)(F)c1ccc(OCC2CCCC(c3ccc(-c4ccccc4)cc3)C2)cc1. The maximum absolute atomic E-state index is 12.7. The zero-order chi connectivity index (χ0) is 21.0. The van der Waals surface area contributed by atoms with Crippen LogP contribution in [0.3, 0.4) is 0 Å². The molecule has 2 atom stereocenters. The molecule has 1 nitrogen and oxygen atoms in total. The Morgan fingerprint density at radius 3 is 2.10 bits per heavy atom. The van der Waals surface area contributed by atoms with Crippen LogP contribution in [0, 0.1) is 5.92 Å². The first kappa shape index (κ1) is 20.5. The van der Waals surface area contributed by atoms with E-state index < -0.39 is 11.7 Å². The molecule has 0 bridgehead atoms. The third-order valence-corrected chi connectivity index (χ3v) is 5.94. The Morgan fingerprint density at radius 2 is 1.43 bits per heavy atom. The molecule has 0 N–H and O–H groups in total. The van der Waals surface area contributed by atoms with Gasteiger partial charge in [-0.05, 0) is 72.1 Å². The molecule has 0 aliphatic heterocycles. The summed E-state index contributed by atoms with van der Waals surface area (Å²) in [6, 6.07) is 24.1. The Balaban J connectivity index is 1.34. The summed E-state index contributed by atoms with van der Waals surface area (Å²) in [4.78, 5) is 0. The van der Waals surface area contributed by atoms with E-state index in [2.05, 4.69) is 36.4 Å². The summed E-state index contributed by atoms with van der Waals surface area (Å²) >= 11 is 0. The Bertz CT molecular complexity index is 931. The zero-order valence-electron chi connectivity index (χ0n) is 16.7. The van der Waals surface area contributed by atoms with E-state index in [9.17, 15) is 13.2 Å². The average Bonchev–Trinajstić information content (AvgIpc) is 2.78. The van der Waals surface area contributed by atoms with Crippen molar-refractivity contribution in [2.24, 2.45) is 5.92 Å². The topological polar surface area (TPSA) is 9.23 Å². The number of halogens is 3. The van der Waals surface area contributed by atoms with Gasteiger partial charge in [-0.15, -0.1) is 0 Å². The van der Waals surface area contributed by atoms with Crippen LogP contribution >= 0.6 is 0 Å². The van der Waals surface area contributed by atoms with Gasteiger partial charge in [0.05, 0.1) is 12.2 Å². The van der Waals surface area contributed by atoms with E-state index in [-0.39, 0.29) is 0 Å². The quantitative estimate of drug-likeness (QED) is 0.418. The maximum Gasteiger partial charge on any atom is 0.416 e. The van der Waals surface area contributed by atoms with E-state index >= 15 is 0 Å². The van der Waals surface area contributed by atoms with Crippen molar-refractivity contribution in [3.05, 3.63) is 90.0 Å². The van der Waals surface area contributed by atoms with E-state index in [1.54, 1.807) is 0 Å². The summed E-state index contributed by atoms with van der Waals surface area (Å²) in [5, 5.41) is 0. The summed E-state index contributed by atoms with van der Waals surface area (Å²) in [7, 11) is 0. The monoisotopic (exact) mass is 410 g/mol. The molecule has 0 amide bonds. The highest BCUT2D eigenvalue weighted by Gasteiger charge is 2.30. The van der Waals surface area contributed by atoms with Crippen LogP contribution in [0.5, 0.6) is 5.75 Å². The molecule has 1 fully saturated rings. The molecular weight excluding hydrogens is 385 g/mol. The first-order valence-corrected chi connectivity index (χ1v) is 10.4. The summed E-state index contributed by atoms with van der Waals surface area (Å²) in [6.45, 7) is 0.546. The van der Waals surface area contributed by atoms with Gasteiger partial charge in [-0.25, -0.2) is 0 Å². The number of benzene rings is 3. The first-order valence-electron chi connectivity index (χ1n) is 10.4. The highest BCUT2D eigenvalue weighted by molar-refractivity contribution is 5.63. The minimum atomic E-state index is -4.31. The number of hydrogen-bond acceptors (Lipinski definition) is 1. The fourth-order valence-corrected chi connectivity index (χ4v) is 4.28. The molecule has 0 spiro atoms. The maximum atomic E-state index is 12.7. The van der Waals surface area contributed by atoms with Crippen molar-refractivity contribution in [2.75, 3.05) is 6.61 Å². The number of ether oxygens (including phenoxy) is 1. The Morgan fingerprint density at radius 1 is 0.767 bits per heavy atom. The third-order valence-electron chi connectivity index (χ3n) is 5.94. The van der Waals surface area contributed by atoms with Gasteiger partial charge in [0.25, 0.3) is 0 Å². The fourth-order valence-electron chi connectivity index (χ4n) is 4.28. The third kappa shape index (κ3) is 5.05. The van der Waals surface area contributed by atoms with Gasteiger partial charge in [-0.3, -0.25) is 0 Å². The van der Waals surface area contributed by atoms with Crippen LogP contribution in [0.2, 0.25) is 0 Å². The van der Waals surface area contributed by atoms with E-state index in [1.807, 2.05) is 18.2 Å². The predicted octanol–water partition coefficient (Wildman–Crippen LogP) is 7.73. The lowest BCUT2D eigenvalue weighted by atomic mass is 9.78. The van der Waals surface area contributed by atoms with Crippen LogP contribution in [-0.4, -0.2) is 6.61 Å². The van der Waals surface area contributed by atoms with Gasteiger partial charge in [0.15, 0.2) is 0 Å². The van der Waals surface area contributed by atoms with Crippen molar-refractivity contribution in [3.8, 4) is 16.9 Å². The van der Waals surface area contributed by atoms with Crippen LogP contribution in [0.25, 0.3) is 11.1 Å². The second kappa shape index (κ2) is 8.95. The molecule has 3 aromatic carbocycles. The van der Waals surface area contributed by atoms with Gasteiger partial charge in [0.1, 0.15) is 5.75 Å². The lowest BCUT2D eigenvalue weighted by Crippen LogP contribution is -2.20.